The molecule has 0 bridgehead atoms. The van der Waals surface area contributed by atoms with Gasteiger partial charge in [0.1, 0.15) is 0 Å². The van der Waals surface area contributed by atoms with Gasteiger partial charge >= 0.3 is 0 Å². The smallest absolute Gasteiger partial charge is 0.253 e. The minimum atomic E-state index is -0.186. The summed E-state index contributed by atoms with van der Waals surface area (Å²) in [5.74, 6) is -0.350. The van der Waals surface area contributed by atoms with Crippen molar-refractivity contribution in [2.45, 2.75) is 33.2 Å². The lowest BCUT2D eigenvalue weighted by atomic mass is 10.1. The average Bonchev–Trinajstić information content (AvgIpc) is 2.28. The zero-order valence-electron chi connectivity index (χ0n) is 10.4. The standard InChI is InChI=1S/C13H18N2O2/c1-4-9(2)14-13(17)11-7-5-6-8-12(11)15-10(3)16/h5-9H,4H2,1-3H3,(H,14,17)(H,15,16)/t9-/m1/s1. The van der Waals surface area contributed by atoms with Gasteiger partial charge in [0.05, 0.1) is 11.3 Å². The molecule has 17 heavy (non-hydrogen) atoms. The van der Waals surface area contributed by atoms with Crippen LogP contribution in [0.15, 0.2) is 24.3 Å². The largest absolute Gasteiger partial charge is 0.350 e. The van der Waals surface area contributed by atoms with Gasteiger partial charge in [-0.25, -0.2) is 0 Å². The van der Waals surface area contributed by atoms with Crippen molar-refractivity contribution >= 4 is 17.5 Å². The number of para-hydroxylation sites is 1. The predicted octanol–water partition coefficient (Wildman–Crippen LogP) is 2.17. The van der Waals surface area contributed by atoms with E-state index in [9.17, 15) is 9.59 Å². The summed E-state index contributed by atoms with van der Waals surface area (Å²) in [6, 6.07) is 7.09. The van der Waals surface area contributed by atoms with Crippen LogP contribution in [-0.4, -0.2) is 17.9 Å². The van der Waals surface area contributed by atoms with Crippen molar-refractivity contribution in [2.75, 3.05) is 5.32 Å². The maximum Gasteiger partial charge on any atom is 0.253 e. The molecule has 0 fully saturated rings. The number of rotatable bonds is 4. The van der Waals surface area contributed by atoms with Crippen LogP contribution in [0.25, 0.3) is 0 Å². The molecule has 1 aromatic rings. The van der Waals surface area contributed by atoms with Gasteiger partial charge in [-0.05, 0) is 25.5 Å². The first-order valence-electron chi connectivity index (χ1n) is 5.72. The quantitative estimate of drug-likeness (QED) is 0.838. The van der Waals surface area contributed by atoms with E-state index in [0.717, 1.165) is 6.42 Å². The Bertz CT molecular complexity index is 416. The molecule has 2 N–H and O–H groups in total. The molecule has 1 aromatic carbocycles. The monoisotopic (exact) mass is 234 g/mol. The molecule has 0 aliphatic rings. The third kappa shape index (κ3) is 3.90. The van der Waals surface area contributed by atoms with E-state index in [1.54, 1.807) is 24.3 Å². The number of hydrogen-bond acceptors (Lipinski definition) is 2. The van der Waals surface area contributed by atoms with Crippen LogP contribution in [0.2, 0.25) is 0 Å². The van der Waals surface area contributed by atoms with Gasteiger partial charge in [0.2, 0.25) is 5.91 Å². The van der Waals surface area contributed by atoms with E-state index in [1.807, 2.05) is 13.8 Å². The van der Waals surface area contributed by atoms with Gasteiger partial charge in [0.25, 0.3) is 5.91 Å². The molecule has 0 aromatic heterocycles. The first-order valence-corrected chi connectivity index (χ1v) is 5.72. The molecule has 0 aliphatic heterocycles. The Morgan fingerprint density at radius 3 is 2.53 bits per heavy atom. The molecule has 0 heterocycles. The Morgan fingerprint density at radius 1 is 1.29 bits per heavy atom. The second-order valence-electron chi connectivity index (χ2n) is 4.01. The topological polar surface area (TPSA) is 58.2 Å². The number of carbonyl (C=O) groups excluding carboxylic acids is 2. The number of benzene rings is 1. The van der Waals surface area contributed by atoms with Crippen LogP contribution in [-0.2, 0) is 4.79 Å². The van der Waals surface area contributed by atoms with Gasteiger partial charge in [-0.15, -0.1) is 0 Å². The second kappa shape index (κ2) is 6.03. The fourth-order valence-electron chi connectivity index (χ4n) is 1.38. The maximum atomic E-state index is 12.0. The highest BCUT2D eigenvalue weighted by molar-refractivity contribution is 6.03. The van der Waals surface area contributed by atoms with Gasteiger partial charge in [0.15, 0.2) is 0 Å². The van der Waals surface area contributed by atoms with Gasteiger partial charge in [-0.1, -0.05) is 19.1 Å². The van der Waals surface area contributed by atoms with Crippen molar-refractivity contribution < 1.29 is 9.59 Å². The first-order chi connectivity index (χ1) is 8.04. The van der Waals surface area contributed by atoms with Crippen LogP contribution in [0.5, 0.6) is 0 Å². The van der Waals surface area contributed by atoms with E-state index >= 15 is 0 Å². The Balaban J connectivity index is 2.88. The molecule has 0 spiro atoms. The molecular weight excluding hydrogens is 216 g/mol. The van der Waals surface area contributed by atoms with E-state index in [1.165, 1.54) is 6.92 Å². The molecule has 0 unspecified atom stereocenters. The molecule has 0 radical (unpaired) electrons. The number of hydrogen-bond donors (Lipinski definition) is 2. The van der Waals surface area contributed by atoms with Gasteiger partial charge < -0.3 is 10.6 Å². The van der Waals surface area contributed by atoms with E-state index in [4.69, 9.17) is 0 Å². The highest BCUT2D eigenvalue weighted by atomic mass is 16.2. The molecule has 0 saturated heterocycles. The molecule has 4 nitrogen and oxygen atoms in total. The SMILES string of the molecule is CC[C@@H](C)NC(=O)c1ccccc1NC(C)=O. The van der Waals surface area contributed by atoms with Crippen molar-refractivity contribution in [1.29, 1.82) is 0 Å². The molecule has 92 valence electrons. The highest BCUT2D eigenvalue weighted by Gasteiger charge is 2.12. The molecule has 1 atom stereocenters. The average molecular weight is 234 g/mol. The predicted molar refractivity (Wildman–Crippen MR) is 68.0 cm³/mol. The number of carbonyl (C=O) groups is 2. The molecule has 0 aliphatic carbocycles. The Labute approximate surface area is 101 Å². The summed E-state index contributed by atoms with van der Waals surface area (Å²) in [7, 11) is 0. The first kappa shape index (κ1) is 13.2. The number of amides is 2. The summed E-state index contributed by atoms with van der Waals surface area (Å²) in [6.45, 7) is 5.37. The van der Waals surface area contributed by atoms with Crippen molar-refractivity contribution in [3.05, 3.63) is 29.8 Å². The Kier molecular flexibility index (Phi) is 4.69. The lowest BCUT2D eigenvalue weighted by Gasteiger charge is -2.14. The van der Waals surface area contributed by atoms with Crippen LogP contribution in [0.4, 0.5) is 5.69 Å². The lowest BCUT2D eigenvalue weighted by Crippen LogP contribution is -2.32. The third-order valence-corrected chi connectivity index (χ3v) is 2.47. The highest BCUT2D eigenvalue weighted by Crippen LogP contribution is 2.15. The number of nitrogens with one attached hydrogen (secondary N) is 2. The molecular formula is C13H18N2O2. The zero-order valence-corrected chi connectivity index (χ0v) is 10.4. The van der Waals surface area contributed by atoms with Crippen molar-refractivity contribution in [3.8, 4) is 0 Å². The van der Waals surface area contributed by atoms with Crippen LogP contribution in [0.3, 0.4) is 0 Å². The lowest BCUT2D eigenvalue weighted by molar-refractivity contribution is -0.114. The van der Waals surface area contributed by atoms with Crippen LogP contribution < -0.4 is 10.6 Å². The van der Waals surface area contributed by atoms with Crippen LogP contribution in [0.1, 0.15) is 37.6 Å². The van der Waals surface area contributed by atoms with E-state index in [-0.39, 0.29) is 17.9 Å². The molecule has 1 rings (SSSR count). The van der Waals surface area contributed by atoms with E-state index in [2.05, 4.69) is 10.6 Å². The van der Waals surface area contributed by atoms with E-state index in [0.29, 0.717) is 11.3 Å². The van der Waals surface area contributed by atoms with Crippen LogP contribution in [0, 0.1) is 0 Å². The van der Waals surface area contributed by atoms with Gasteiger partial charge in [0, 0.05) is 13.0 Å². The van der Waals surface area contributed by atoms with Gasteiger partial charge in [-0.2, -0.15) is 0 Å². The molecule has 2 amide bonds. The zero-order chi connectivity index (χ0) is 12.8. The van der Waals surface area contributed by atoms with Crippen molar-refractivity contribution in [3.63, 3.8) is 0 Å². The van der Waals surface area contributed by atoms with E-state index < -0.39 is 0 Å². The fourth-order valence-corrected chi connectivity index (χ4v) is 1.38. The summed E-state index contributed by atoms with van der Waals surface area (Å²) in [6.07, 6.45) is 0.869. The normalized spacial score (nSPS) is 11.7. The summed E-state index contributed by atoms with van der Waals surface area (Å²) >= 11 is 0. The van der Waals surface area contributed by atoms with Gasteiger partial charge in [-0.3, -0.25) is 9.59 Å². The molecule has 0 saturated carbocycles. The van der Waals surface area contributed by atoms with Crippen molar-refractivity contribution in [2.24, 2.45) is 0 Å². The minimum Gasteiger partial charge on any atom is -0.350 e. The Morgan fingerprint density at radius 2 is 1.94 bits per heavy atom. The second-order valence-corrected chi connectivity index (χ2v) is 4.01. The van der Waals surface area contributed by atoms with Crippen LogP contribution >= 0.6 is 0 Å². The third-order valence-electron chi connectivity index (χ3n) is 2.47. The summed E-state index contributed by atoms with van der Waals surface area (Å²) in [5, 5.41) is 5.52. The van der Waals surface area contributed by atoms with Crippen molar-refractivity contribution in [1.82, 2.24) is 5.32 Å². The fraction of sp³-hybridized carbons (Fsp3) is 0.385. The molecule has 4 heteroatoms. The number of anilines is 1. The summed E-state index contributed by atoms with van der Waals surface area (Å²) in [4.78, 5) is 23.0. The Hall–Kier alpha value is -1.84. The minimum absolute atomic E-state index is 0.118. The summed E-state index contributed by atoms with van der Waals surface area (Å²) in [5.41, 5.74) is 1.03. The maximum absolute atomic E-state index is 12.0. The summed E-state index contributed by atoms with van der Waals surface area (Å²) < 4.78 is 0.